The third-order valence-electron chi connectivity index (χ3n) is 11.4. The van der Waals surface area contributed by atoms with E-state index in [1.807, 2.05) is 20.8 Å². The van der Waals surface area contributed by atoms with Crippen molar-refractivity contribution in [2.45, 2.75) is 117 Å². The molecule has 0 spiro atoms. The number of rotatable bonds is 6. The molecule has 57 heavy (non-hydrogen) atoms. The second-order valence-corrected chi connectivity index (χ2v) is 18.3. The van der Waals surface area contributed by atoms with E-state index in [1.165, 1.54) is 37.5 Å². The molecule has 3 aromatic rings. The molecule has 0 atom stereocenters. The van der Waals surface area contributed by atoms with Gasteiger partial charge in [0.15, 0.2) is 0 Å². The summed E-state index contributed by atoms with van der Waals surface area (Å²) in [6.45, 7) is 5.95. The number of benzene rings is 3. The Morgan fingerprint density at radius 2 is 0.614 bits per heavy atom. The van der Waals surface area contributed by atoms with Crippen LogP contribution in [0.15, 0.2) is 36.4 Å². The monoisotopic (exact) mass is 903 g/mol. The number of carbonyl (C=O) groups is 3. The summed E-state index contributed by atoms with van der Waals surface area (Å²) in [7, 11) is 0. The van der Waals surface area contributed by atoms with Gasteiger partial charge in [0, 0.05) is 16.2 Å². The highest BCUT2D eigenvalue weighted by Gasteiger charge is 2.37. The third-order valence-corrected chi connectivity index (χ3v) is 14.1. The quantitative estimate of drug-likeness (QED) is 0.136. The van der Waals surface area contributed by atoms with Crippen molar-refractivity contribution >= 4 is 104 Å². The number of hydrogen-bond acceptors (Lipinski definition) is 6. The molecular formula is C42H51Cl6N3O6. The minimum Gasteiger partial charge on any atom is -0.506 e. The molecule has 0 radical (unpaired) electrons. The van der Waals surface area contributed by atoms with Crippen LogP contribution in [0.2, 0.25) is 30.1 Å². The number of halogens is 6. The van der Waals surface area contributed by atoms with Crippen LogP contribution in [0.3, 0.4) is 0 Å². The van der Waals surface area contributed by atoms with Gasteiger partial charge in [0.05, 0.1) is 32.1 Å². The molecule has 0 bridgehead atoms. The zero-order chi connectivity index (χ0) is 42.1. The molecule has 3 amide bonds. The Morgan fingerprint density at radius 3 is 0.825 bits per heavy atom. The molecule has 312 valence electrons. The van der Waals surface area contributed by atoms with Gasteiger partial charge >= 0.3 is 0 Å². The van der Waals surface area contributed by atoms with Crippen molar-refractivity contribution in [2.75, 3.05) is 16.0 Å². The molecule has 0 unspecified atom stereocenters. The molecule has 15 heteroatoms. The largest absolute Gasteiger partial charge is 0.506 e. The summed E-state index contributed by atoms with van der Waals surface area (Å²) in [6.07, 6.45) is 15.4. The van der Waals surface area contributed by atoms with Gasteiger partial charge in [-0.3, -0.25) is 14.4 Å². The molecule has 0 aromatic heterocycles. The molecule has 3 aliphatic carbocycles. The van der Waals surface area contributed by atoms with E-state index in [-0.39, 0.29) is 81.4 Å². The Balaban J connectivity index is 0.000000189. The zero-order valence-corrected chi connectivity index (χ0v) is 36.9. The van der Waals surface area contributed by atoms with Gasteiger partial charge in [0.1, 0.15) is 32.3 Å². The fourth-order valence-corrected chi connectivity index (χ4v) is 8.52. The minimum absolute atomic E-state index is 0.0316. The first kappa shape index (κ1) is 46.9. The van der Waals surface area contributed by atoms with Gasteiger partial charge < -0.3 is 31.3 Å². The maximum absolute atomic E-state index is 12.4. The fraction of sp³-hybridized carbons (Fsp3) is 0.500. The van der Waals surface area contributed by atoms with E-state index in [1.54, 1.807) is 18.2 Å². The lowest BCUT2D eigenvalue weighted by molar-refractivity contribution is -0.127. The van der Waals surface area contributed by atoms with Crippen molar-refractivity contribution in [1.82, 2.24) is 0 Å². The van der Waals surface area contributed by atoms with E-state index >= 15 is 0 Å². The highest BCUT2D eigenvalue weighted by molar-refractivity contribution is 6.46. The number of amides is 3. The van der Waals surface area contributed by atoms with Crippen molar-refractivity contribution in [3.63, 3.8) is 0 Å². The number of aromatic hydroxyl groups is 3. The molecule has 0 saturated heterocycles. The number of phenolic OH excluding ortho intramolecular Hbond substituents is 3. The van der Waals surface area contributed by atoms with Crippen molar-refractivity contribution in [3.05, 3.63) is 66.5 Å². The Morgan fingerprint density at radius 1 is 0.404 bits per heavy atom. The standard InChI is InChI=1S/3C14H17Cl2NO2/c3*1-14(7-3-2-4-8-14)13(19)17-9-5-6-10(18)12(16)11(9)15/h3*5-6,18H,2-4,7-8H2,1H3,(H,17,19). The summed E-state index contributed by atoms with van der Waals surface area (Å²) in [5.41, 5.74) is 0.313. The Bertz CT molecular complexity index is 1710. The molecule has 3 aromatic carbocycles. The average Bonchev–Trinajstić information content (AvgIpc) is 3.19. The molecular weight excluding hydrogens is 855 g/mol. The molecule has 0 heterocycles. The van der Waals surface area contributed by atoms with Crippen LogP contribution in [0.4, 0.5) is 17.1 Å². The van der Waals surface area contributed by atoms with Crippen molar-refractivity contribution < 1.29 is 29.7 Å². The summed E-state index contributed by atoms with van der Waals surface area (Å²) >= 11 is 35.6. The molecule has 3 aliphatic rings. The van der Waals surface area contributed by atoms with Crippen LogP contribution in [0.5, 0.6) is 17.2 Å². The molecule has 3 saturated carbocycles. The summed E-state index contributed by atoms with van der Waals surface area (Å²) in [5, 5.41) is 37.5. The molecule has 6 rings (SSSR count). The van der Waals surface area contributed by atoms with Crippen LogP contribution in [0.25, 0.3) is 0 Å². The number of hydrogen-bond donors (Lipinski definition) is 6. The molecule has 3 fully saturated rings. The van der Waals surface area contributed by atoms with Gasteiger partial charge in [-0.1, -0.05) is 148 Å². The van der Waals surface area contributed by atoms with Gasteiger partial charge in [0.2, 0.25) is 17.7 Å². The molecule has 6 N–H and O–H groups in total. The average molecular weight is 907 g/mol. The smallest absolute Gasteiger partial charge is 0.230 e. The summed E-state index contributed by atoms with van der Waals surface area (Å²) in [5.74, 6) is -0.363. The van der Waals surface area contributed by atoms with E-state index in [4.69, 9.17) is 69.6 Å². The lowest BCUT2D eigenvalue weighted by atomic mass is 9.75. The van der Waals surface area contributed by atoms with Crippen molar-refractivity contribution in [1.29, 1.82) is 0 Å². The first-order valence-corrected chi connectivity index (χ1v) is 21.5. The van der Waals surface area contributed by atoms with Gasteiger partial charge in [-0.2, -0.15) is 0 Å². The van der Waals surface area contributed by atoms with Crippen molar-refractivity contribution in [2.24, 2.45) is 16.2 Å². The van der Waals surface area contributed by atoms with Crippen LogP contribution < -0.4 is 16.0 Å². The van der Waals surface area contributed by atoms with Crippen LogP contribution in [-0.2, 0) is 14.4 Å². The highest BCUT2D eigenvalue weighted by atomic mass is 35.5. The van der Waals surface area contributed by atoms with Crippen LogP contribution in [0, 0.1) is 16.2 Å². The second kappa shape index (κ2) is 20.5. The van der Waals surface area contributed by atoms with Gasteiger partial charge in [-0.05, 0) is 74.9 Å². The fourth-order valence-electron chi connectivity index (χ4n) is 7.40. The SMILES string of the molecule is CC1(C(=O)Nc2ccc(O)c(Cl)c2Cl)CCCCC1.CC1(C(=O)Nc2ccc(O)c(Cl)c2Cl)CCCCC1.CC1(C(=O)Nc2ccc(O)c(Cl)c2Cl)CCCCC1. The van der Waals surface area contributed by atoms with Crippen molar-refractivity contribution in [3.8, 4) is 17.2 Å². The first-order valence-electron chi connectivity index (χ1n) is 19.3. The van der Waals surface area contributed by atoms with Gasteiger partial charge in [-0.25, -0.2) is 0 Å². The predicted molar refractivity (Wildman–Crippen MR) is 234 cm³/mol. The zero-order valence-electron chi connectivity index (χ0n) is 32.4. The third kappa shape index (κ3) is 11.9. The van der Waals surface area contributed by atoms with Crippen LogP contribution >= 0.6 is 69.6 Å². The Kier molecular flexibility index (Phi) is 16.8. The van der Waals surface area contributed by atoms with E-state index in [0.717, 1.165) is 77.0 Å². The van der Waals surface area contributed by atoms with Crippen LogP contribution in [0.1, 0.15) is 117 Å². The number of anilines is 3. The minimum atomic E-state index is -0.341. The summed E-state index contributed by atoms with van der Waals surface area (Å²) in [6, 6.07) is 8.96. The summed E-state index contributed by atoms with van der Waals surface area (Å²) < 4.78 is 0. The summed E-state index contributed by atoms with van der Waals surface area (Å²) in [4.78, 5) is 37.1. The normalized spacial score (nSPS) is 18.1. The maximum Gasteiger partial charge on any atom is 0.230 e. The Labute approximate surface area is 365 Å². The second-order valence-electron chi connectivity index (χ2n) is 16.0. The molecule has 0 aliphatic heterocycles. The number of nitrogens with one attached hydrogen (secondary N) is 3. The number of carbonyl (C=O) groups excluding carboxylic acids is 3. The Hall–Kier alpha value is -2.79. The lowest BCUT2D eigenvalue weighted by Gasteiger charge is -2.32. The lowest BCUT2D eigenvalue weighted by Crippen LogP contribution is -2.35. The van der Waals surface area contributed by atoms with E-state index in [0.29, 0.717) is 17.1 Å². The topological polar surface area (TPSA) is 148 Å². The van der Waals surface area contributed by atoms with E-state index < -0.39 is 0 Å². The maximum atomic E-state index is 12.4. The highest BCUT2D eigenvalue weighted by Crippen LogP contribution is 2.43. The van der Waals surface area contributed by atoms with Crippen LogP contribution in [-0.4, -0.2) is 33.0 Å². The van der Waals surface area contributed by atoms with Gasteiger partial charge in [0.25, 0.3) is 0 Å². The first-order chi connectivity index (χ1) is 26.8. The number of phenols is 3. The molecule has 9 nitrogen and oxygen atoms in total. The van der Waals surface area contributed by atoms with E-state index in [2.05, 4.69) is 16.0 Å². The van der Waals surface area contributed by atoms with Gasteiger partial charge in [-0.15, -0.1) is 0 Å². The predicted octanol–water partition coefficient (Wildman–Crippen LogP) is 13.8. The van der Waals surface area contributed by atoms with E-state index in [9.17, 15) is 29.7 Å².